The number of nitrogens with zero attached hydrogens (tertiary/aromatic N) is 2. The fraction of sp³-hybridized carbons (Fsp3) is 0.400. The summed E-state index contributed by atoms with van der Waals surface area (Å²) in [4.78, 5) is 7.82. The van der Waals surface area contributed by atoms with Crippen LogP contribution in [0.3, 0.4) is 0 Å². The minimum atomic E-state index is -0.177. The van der Waals surface area contributed by atoms with Crippen LogP contribution in [-0.2, 0) is 0 Å². The molecule has 2 rings (SSSR count). The maximum absolute atomic E-state index is 9.29. The minimum absolute atomic E-state index is 0.177. The Labute approximate surface area is 88.0 Å². The normalized spacial score (nSPS) is 15.9. The number of nitrogens with two attached hydrogens (primary N) is 1. The lowest BCUT2D eigenvalue weighted by Crippen LogP contribution is -2.06. The molecule has 4 N–H and O–H groups in total. The van der Waals surface area contributed by atoms with Crippen LogP contribution in [0.25, 0.3) is 0 Å². The van der Waals surface area contributed by atoms with Crippen molar-refractivity contribution in [2.45, 2.75) is 25.7 Å². The van der Waals surface area contributed by atoms with E-state index in [9.17, 15) is 5.11 Å². The minimum Gasteiger partial charge on any atom is -0.492 e. The van der Waals surface area contributed by atoms with Gasteiger partial charge in [-0.1, -0.05) is 6.08 Å². The van der Waals surface area contributed by atoms with E-state index in [2.05, 4.69) is 21.4 Å². The van der Waals surface area contributed by atoms with Crippen molar-refractivity contribution in [3.63, 3.8) is 0 Å². The summed E-state index contributed by atoms with van der Waals surface area (Å²) in [7, 11) is 0. The molecule has 0 aliphatic heterocycles. The molecule has 1 aromatic heterocycles. The van der Waals surface area contributed by atoms with Gasteiger partial charge in [0.25, 0.3) is 0 Å². The van der Waals surface area contributed by atoms with Gasteiger partial charge in [-0.15, -0.1) is 0 Å². The standard InChI is InChI=1S/C10H14N4O/c11-8-6-12-10(14-9(8)15)13-7-4-2-1-3-5-7/h4,6H,1-3,5,11H2,(H2,12,13,14,15). The van der Waals surface area contributed by atoms with Crippen LogP contribution in [0.1, 0.15) is 25.7 Å². The second-order valence-electron chi connectivity index (χ2n) is 3.57. The number of anilines is 2. The number of nitrogen functional groups attached to an aromatic ring is 1. The molecule has 0 amide bonds. The zero-order valence-electron chi connectivity index (χ0n) is 8.40. The lowest BCUT2D eigenvalue weighted by molar-refractivity contribution is 0.456. The van der Waals surface area contributed by atoms with Gasteiger partial charge in [0.1, 0.15) is 5.69 Å². The van der Waals surface area contributed by atoms with Crippen LogP contribution in [0, 0.1) is 0 Å². The van der Waals surface area contributed by atoms with Crippen molar-refractivity contribution in [3.05, 3.63) is 18.0 Å². The third kappa shape index (κ3) is 2.37. The molecule has 5 heteroatoms. The van der Waals surface area contributed by atoms with Crippen LogP contribution in [0.2, 0.25) is 0 Å². The van der Waals surface area contributed by atoms with E-state index < -0.39 is 0 Å². The SMILES string of the molecule is Nc1cnc(NC2=CCCCC2)nc1O. The van der Waals surface area contributed by atoms with Crippen molar-refractivity contribution >= 4 is 11.6 Å². The molecule has 0 bridgehead atoms. The number of aromatic hydroxyl groups is 1. The van der Waals surface area contributed by atoms with Crippen molar-refractivity contribution in [1.29, 1.82) is 0 Å². The molecule has 5 nitrogen and oxygen atoms in total. The van der Waals surface area contributed by atoms with E-state index in [4.69, 9.17) is 5.73 Å². The summed E-state index contributed by atoms with van der Waals surface area (Å²) in [6.45, 7) is 0. The molecule has 0 saturated heterocycles. The largest absolute Gasteiger partial charge is 0.492 e. The van der Waals surface area contributed by atoms with Gasteiger partial charge in [0.05, 0.1) is 6.20 Å². The first kappa shape index (κ1) is 9.76. The van der Waals surface area contributed by atoms with E-state index in [-0.39, 0.29) is 11.6 Å². The smallest absolute Gasteiger partial charge is 0.239 e. The molecule has 1 heterocycles. The van der Waals surface area contributed by atoms with E-state index in [0.29, 0.717) is 5.95 Å². The highest BCUT2D eigenvalue weighted by atomic mass is 16.3. The molecule has 0 radical (unpaired) electrons. The molecule has 0 unspecified atom stereocenters. The van der Waals surface area contributed by atoms with Gasteiger partial charge in [-0.2, -0.15) is 4.98 Å². The van der Waals surface area contributed by atoms with Crippen molar-refractivity contribution in [2.75, 3.05) is 11.1 Å². The first-order chi connectivity index (χ1) is 7.25. The van der Waals surface area contributed by atoms with Gasteiger partial charge >= 0.3 is 0 Å². The van der Waals surface area contributed by atoms with Crippen LogP contribution in [0.4, 0.5) is 11.6 Å². The Morgan fingerprint density at radius 1 is 1.40 bits per heavy atom. The monoisotopic (exact) mass is 206 g/mol. The number of allylic oxidation sites excluding steroid dienone is 2. The Bertz CT molecular complexity index is 389. The predicted molar refractivity (Wildman–Crippen MR) is 58.3 cm³/mol. The lowest BCUT2D eigenvalue weighted by atomic mass is 10.1. The molecule has 0 fully saturated rings. The molecule has 80 valence electrons. The van der Waals surface area contributed by atoms with Gasteiger partial charge in [-0.3, -0.25) is 0 Å². The molecule has 1 aliphatic rings. The highest BCUT2D eigenvalue weighted by Gasteiger charge is 2.06. The molecular formula is C10H14N4O. The number of aromatic nitrogens is 2. The van der Waals surface area contributed by atoms with E-state index in [1.54, 1.807) is 0 Å². The van der Waals surface area contributed by atoms with E-state index in [1.807, 2.05) is 0 Å². The zero-order valence-corrected chi connectivity index (χ0v) is 8.40. The van der Waals surface area contributed by atoms with Crippen LogP contribution in [0.15, 0.2) is 18.0 Å². The Hall–Kier alpha value is -1.78. The predicted octanol–water partition coefficient (Wildman–Crippen LogP) is 1.63. The Morgan fingerprint density at radius 2 is 2.27 bits per heavy atom. The second kappa shape index (κ2) is 4.16. The third-order valence-corrected chi connectivity index (χ3v) is 2.36. The summed E-state index contributed by atoms with van der Waals surface area (Å²) in [5.74, 6) is 0.221. The molecule has 1 aliphatic carbocycles. The van der Waals surface area contributed by atoms with Crippen LogP contribution in [-0.4, -0.2) is 15.1 Å². The van der Waals surface area contributed by atoms with Gasteiger partial charge in [0, 0.05) is 5.70 Å². The quantitative estimate of drug-likeness (QED) is 0.685. The van der Waals surface area contributed by atoms with Crippen molar-refractivity contribution < 1.29 is 5.11 Å². The molecule has 0 saturated carbocycles. The number of hydrogen-bond acceptors (Lipinski definition) is 5. The molecule has 0 spiro atoms. The van der Waals surface area contributed by atoms with E-state index in [1.165, 1.54) is 19.0 Å². The van der Waals surface area contributed by atoms with E-state index >= 15 is 0 Å². The molecule has 1 aromatic rings. The van der Waals surface area contributed by atoms with E-state index in [0.717, 1.165) is 18.5 Å². The van der Waals surface area contributed by atoms with Crippen LogP contribution in [0.5, 0.6) is 5.88 Å². The fourth-order valence-electron chi connectivity index (χ4n) is 1.54. The van der Waals surface area contributed by atoms with Crippen molar-refractivity contribution in [2.24, 2.45) is 0 Å². The Kier molecular flexibility index (Phi) is 2.71. The number of hydrogen-bond donors (Lipinski definition) is 3. The molecular weight excluding hydrogens is 192 g/mol. The summed E-state index contributed by atoms with van der Waals surface area (Å²) in [6.07, 6.45) is 8.05. The van der Waals surface area contributed by atoms with Gasteiger partial charge < -0.3 is 16.2 Å². The topological polar surface area (TPSA) is 84.1 Å². The maximum Gasteiger partial charge on any atom is 0.239 e. The third-order valence-electron chi connectivity index (χ3n) is 2.36. The molecule has 15 heavy (non-hydrogen) atoms. The summed E-state index contributed by atoms with van der Waals surface area (Å²) in [5.41, 5.74) is 6.71. The highest BCUT2D eigenvalue weighted by molar-refractivity contribution is 5.49. The first-order valence-corrected chi connectivity index (χ1v) is 5.03. The van der Waals surface area contributed by atoms with Gasteiger partial charge in [-0.25, -0.2) is 4.98 Å². The second-order valence-corrected chi connectivity index (χ2v) is 3.57. The average Bonchev–Trinajstić information content (AvgIpc) is 2.25. The summed E-state index contributed by atoms with van der Waals surface area (Å²) < 4.78 is 0. The Balaban J connectivity index is 2.10. The highest BCUT2D eigenvalue weighted by Crippen LogP contribution is 2.20. The van der Waals surface area contributed by atoms with Gasteiger partial charge in [0.2, 0.25) is 11.8 Å². The maximum atomic E-state index is 9.29. The van der Waals surface area contributed by atoms with Crippen LogP contribution < -0.4 is 11.1 Å². The van der Waals surface area contributed by atoms with Crippen LogP contribution >= 0.6 is 0 Å². The lowest BCUT2D eigenvalue weighted by Gasteiger charge is -2.13. The van der Waals surface area contributed by atoms with Crippen molar-refractivity contribution in [3.8, 4) is 5.88 Å². The number of rotatable bonds is 2. The summed E-state index contributed by atoms with van der Waals surface area (Å²) >= 11 is 0. The zero-order chi connectivity index (χ0) is 10.7. The average molecular weight is 206 g/mol. The number of nitrogens with one attached hydrogen (secondary N) is 1. The van der Waals surface area contributed by atoms with Crippen molar-refractivity contribution in [1.82, 2.24) is 9.97 Å². The van der Waals surface area contributed by atoms with Gasteiger partial charge in [-0.05, 0) is 25.7 Å². The fourth-order valence-corrected chi connectivity index (χ4v) is 1.54. The first-order valence-electron chi connectivity index (χ1n) is 5.03. The molecule has 0 aromatic carbocycles. The molecule has 0 atom stereocenters. The summed E-state index contributed by atoms with van der Waals surface area (Å²) in [5, 5.41) is 12.4. The Morgan fingerprint density at radius 3 is 2.93 bits per heavy atom. The van der Waals surface area contributed by atoms with Gasteiger partial charge in [0.15, 0.2) is 0 Å². The summed E-state index contributed by atoms with van der Waals surface area (Å²) in [6, 6.07) is 0.